The Morgan fingerprint density at radius 1 is 1.09 bits per heavy atom. The normalized spacial score (nSPS) is 18.0. The van der Waals surface area contributed by atoms with Crippen molar-refractivity contribution in [2.45, 2.75) is 12.5 Å². The third kappa shape index (κ3) is 3.86. The maximum atomic E-state index is 12.3. The van der Waals surface area contributed by atoms with Crippen LogP contribution in [0.1, 0.15) is 5.56 Å². The van der Waals surface area contributed by atoms with Gasteiger partial charge in [0.1, 0.15) is 0 Å². The molecule has 2 aromatic carbocycles. The maximum absolute atomic E-state index is 12.3. The van der Waals surface area contributed by atoms with Crippen LogP contribution in [-0.2, 0) is 11.2 Å². The molecule has 3 rings (SSSR count). The van der Waals surface area contributed by atoms with E-state index in [9.17, 15) is 4.79 Å². The van der Waals surface area contributed by atoms with Gasteiger partial charge in [0, 0.05) is 25.2 Å². The van der Waals surface area contributed by atoms with Crippen LogP contribution in [0.25, 0.3) is 0 Å². The van der Waals surface area contributed by atoms with Crippen LogP contribution in [0.3, 0.4) is 0 Å². The van der Waals surface area contributed by atoms with E-state index >= 15 is 0 Å². The first-order valence-electron chi connectivity index (χ1n) is 7.58. The van der Waals surface area contributed by atoms with E-state index in [4.69, 9.17) is 4.74 Å². The Morgan fingerprint density at radius 2 is 1.77 bits per heavy atom. The molecule has 0 aliphatic carbocycles. The Balaban J connectivity index is 1.57. The summed E-state index contributed by atoms with van der Waals surface area (Å²) in [6.07, 6.45) is 0.883. The van der Waals surface area contributed by atoms with Gasteiger partial charge in [0.2, 0.25) is 0 Å². The molecule has 0 spiro atoms. The van der Waals surface area contributed by atoms with Crippen LogP contribution in [0.2, 0.25) is 0 Å². The van der Waals surface area contributed by atoms with Gasteiger partial charge in [0.15, 0.2) is 0 Å². The highest BCUT2D eigenvalue weighted by atomic mass is 16.5. The zero-order valence-corrected chi connectivity index (χ0v) is 12.4. The van der Waals surface area contributed by atoms with Crippen LogP contribution < -0.4 is 5.32 Å². The van der Waals surface area contributed by atoms with Crippen molar-refractivity contribution in [1.29, 1.82) is 0 Å². The molecule has 1 unspecified atom stereocenters. The zero-order chi connectivity index (χ0) is 15.2. The average molecular weight is 296 g/mol. The largest absolute Gasteiger partial charge is 0.374 e. The van der Waals surface area contributed by atoms with E-state index in [0.717, 1.165) is 12.1 Å². The third-order valence-corrected chi connectivity index (χ3v) is 3.76. The topological polar surface area (TPSA) is 41.6 Å². The molecule has 1 fully saturated rings. The fraction of sp³-hybridized carbons (Fsp3) is 0.278. The first-order valence-corrected chi connectivity index (χ1v) is 7.58. The van der Waals surface area contributed by atoms with Gasteiger partial charge in [-0.25, -0.2) is 4.79 Å². The first-order chi connectivity index (χ1) is 10.8. The molecule has 1 saturated heterocycles. The number of hydrogen-bond donors (Lipinski definition) is 1. The molecule has 0 radical (unpaired) electrons. The fourth-order valence-corrected chi connectivity index (χ4v) is 2.63. The Hall–Kier alpha value is -2.33. The van der Waals surface area contributed by atoms with Crippen molar-refractivity contribution < 1.29 is 9.53 Å². The number of anilines is 1. The first kappa shape index (κ1) is 14.6. The molecule has 0 bridgehead atoms. The molecule has 4 heteroatoms. The summed E-state index contributed by atoms with van der Waals surface area (Å²) in [5.74, 6) is 0. The van der Waals surface area contributed by atoms with Crippen molar-refractivity contribution in [2.24, 2.45) is 0 Å². The van der Waals surface area contributed by atoms with Gasteiger partial charge in [-0.15, -0.1) is 0 Å². The van der Waals surface area contributed by atoms with E-state index in [2.05, 4.69) is 17.4 Å². The highest BCUT2D eigenvalue weighted by molar-refractivity contribution is 5.89. The second-order valence-corrected chi connectivity index (χ2v) is 5.42. The number of rotatable bonds is 3. The molecule has 1 aliphatic rings. The molecule has 2 aromatic rings. The van der Waals surface area contributed by atoms with Crippen molar-refractivity contribution in [3.63, 3.8) is 0 Å². The number of ether oxygens (including phenoxy) is 1. The summed E-state index contributed by atoms with van der Waals surface area (Å²) < 4.78 is 5.79. The van der Waals surface area contributed by atoms with Crippen LogP contribution in [0, 0.1) is 0 Å². The number of morpholine rings is 1. The van der Waals surface area contributed by atoms with Crippen LogP contribution in [0.4, 0.5) is 10.5 Å². The average Bonchev–Trinajstić information content (AvgIpc) is 2.57. The number of urea groups is 1. The van der Waals surface area contributed by atoms with Gasteiger partial charge in [-0.2, -0.15) is 0 Å². The fourth-order valence-electron chi connectivity index (χ4n) is 2.63. The third-order valence-electron chi connectivity index (χ3n) is 3.76. The molecular formula is C18H20N2O2. The number of nitrogens with zero attached hydrogens (tertiary/aromatic N) is 1. The summed E-state index contributed by atoms with van der Waals surface area (Å²) in [4.78, 5) is 14.1. The monoisotopic (exact) mass is 296 g/mol. The summed E-state index contributed by atoms with van der Waals surface area (Å²) in [5.41, 5.74) is 2.05. The van der Waals surface area contributed by atoms with Gasteiger partial charge in [0.05, 0.1) is 12.7 Å². The standard InChI is InChI=1S/C18H20N2O2/c21-18(19-16-9-5-2-6-10-16)20-11-12-22-17(14-20)13-15-7-3-1-4-8-15/h1-10,17H,11-14H2,(H,19,21). The lowest BCUT2D eigenvalue weighted by Crippen LogP contribution is -2.48. The number of carbonyl (C=O) groups is 1. The molecule has 0 saturated carbocycles. The molecule has 114 valence electrons. The lowest BCUT2D eigenvalue weighted by Gasteiger charge is -2.33. The number of hydrogen-bond acceptors (Lipinski definition) is 2. The number of carbonyl (C=O) groups excluding carboxylic acids is 1. The molecule has 1 atom stereocenters. The predicted octanol–water partition coefficient (Wildman–Crippen LogP) is 3.16. The SMILES string of the molecule is O=C(Nc1ccccc1)N1CCOC(Cc2ccccc2)C1. The number of amides is 2. The summed E-state index contributed by atoms with van der Waals surface area (Å²) in [6, 6.07) is 19.7. The Bertz CT molecular complexity index is 601. The van der Waals surface area contributed by atoms with Gasteiger partial charge < -0.3 is 15.0 Å². The van der Waals surface area contributed by atoms with Crippen LogP contribution in [0.15, 0.2) is 60.7 Å². The smallest absolute Gasteiger partial charge is 0.322 e. The summed E-state index contributed by atoms with van der Waals surface area (Å²) in [7, 11) is 0. The quantitative estimate of drug-likeness (QED) is 0.945. The van der Waals surface area contributed by atoms with E-state index in [-0.39, 0.29) is 12.1 Å². The van der Waals surface area contributed by atoms with E-state index in [1.165, 1.54) is 5.56 Å². The lowest BCUT2D eigenvalue weighted by molar-refractivity contribution is -0.0113. The molecule has 1 aliphatic heterocycles. The minimum Gasteiger partial charge on any atom is -0.374 e. The minimum absolute atomic E-state index is 0.0534. The molecule has 0 aromatic heterocycles. The van der Waals surface area contributed by atoms with Gasteiger partial charge in [-0.3, -0.25) is 0 Å². The zero-order valence-electron chi connectivity index (χ0n) is 12.4. The van der Waals surface area contributed by atoms with Crippen LogP contribution >= 0.6 is 0 Å². The van der Waals surface area contributed by atoms with Crippen molar-refractivity contribution in [3.05, 3.63) is 66.2 Å². The van der Waals surface area contributed by atoms with Crippen LogP contribution in [0.5, 0.6) is 0 Å². The molecule has 4 nitrogen and oxygen atoms in total. The summed E-state index contributed by atoms with van der Waals surface area (Å²) in [6.45, 7) is 1.83. The predicted molar refractivity (Wildman–Crippen MR) is 86.9 cm³/mol. The molecule has 2 amide bonds. The number of benzene rings is 2. The number of para-hydroxylation sites is 1. The second kappa shape index (κ2) is 7.09. The minimum atomic E-state index is -0.0624. The Labute approximate surface area is 130 Å². The molecular weight excluding hydrogens is 276 g/mol. The summed E-state index contributed by atoms with van der Waals surface area (Å²) in [5, 5.41) is 2.93. The van der Waals surface area contributed by atoms with E-state index < -0.39 is 0 Å². The van der Waals surface area contributed by atoms with Crippen molar-refractivity contribution >= 4 is 11.7 Å². The Morgan fingerprint density at radius 3 is 2.50 bits per heavy atom. The summed E-state index contributed by atoms with van der Waals surface area (Å²) >= 11 is 0. The molecule has 1 heterocycles. The highest BCUT2D eigenvalue weighted by Crippen LogP contribution is 2.13. The maximum Gasteiger partial charge on any atom is 0.322 e. The number of nitrogens with one attached hydrogen (secondary N) is 1. The molecule has 1 N–H and O–H groups in total. The Kier molecular flexibility index (Phi) is 4.71. The lowest BCUT2D eigenvalue weighted by atomic mass is 10.1. The van der Waals surface area contributed by atoms with Crippen molar-refractivity contribution in [1.82, 2.24) is 4.90 Å². The molecule has 22 heavy (non-hydrogen) atoms. The van der Waals surface area contributed by atoms with Gasteiger partial charge in [0.25, 0.3) is 0 Å². The van der Waals surface area contributed by atoms with E-state index in [1.807, 2.05) is 53.4 Å². The van der Waals surface area contributed by atoms with Gasteiger partial charge in [-0.05, 0) is 17.7 Å². The van der Waals surface area contributed by atoms with Crippen molar-refractivity contribution in [3.8, 4) is 0 Å². The van der Waals surface area contributed by atoms with Crippen LogP contribution in [-0.4, -0.2) is 36.7 Å². The highest BCUT2D eigenvalue weighted by Gasteiger charge is 2.24. The van der Waals surface area contributed by atoms with Crippen molar-refractivity contribution in [2.75, 3.05) is 25.0 Å². The van der Waals surface area contributed by atoms with Gasteiger partial charge in [-0.1, -0.05) is 48.5 Å². The van der Waals surface area contributed by atoms with E-state index in [0.29, 0.717) is 19.7 Å². The second-order valence-electron chi connectivity index (χ2n) is 5.42. The van der Waals surface area contributed by atoms with Gasteiger partial charge >= 0.3 is 6.03 Å². The van der Waals surface area contributed by atoms with E-state index in [1.54, 1.807) is 0 Å².